The third-order valence-electron chi connectivity index (χ3n) is 5.13. The number of anilines is 1. The average Bonchev–Trinajstić information content (AvgIpc) is 3.20. The van der Waals surface area contributed by atoms with Gasteiger partial charge in [-0.05, 0) is 43.7 Å². The van der Waals surface area contributed by atoms with Crippen LogP contribution in [-0.4, -0.2) is 27.7 Å². The Kier molecular flexibility index (Phi) is 5.96. The first-order valence-electron chi connectivity index (χ1n) is 9.93. The van der Waals surface area contributed by atoms with Crippen molar-refractivity contribution in [1.29, 1.82) is 0 Å². The van der Waals surface area contributed by atoms with E-state index in [2.05, 4.69) is 15.5 Å². The number of nitrogens with zero attached hydrogens (tertiary/aromatic N) is 3. The zero-order valence-corrected chi connectivity index (χ0v) is 18.6. The van der Waals surface area contributed by atoms with Crippen molar-refractivity contribution in [2.75, 3.05) is 12.4 Å². The number of fused-ring (bicyclic) bond motifs is 1. The lowest BCUT2D eigenvalue weighted by Gasteiger charge is -2.10. The SMILES string of the molecule is COc1ccc(Cl)c(-c2noc3ncn(CCC(=O)Nc4ccc(C)cc4C)c(=O)c23)c1. The van der Waals surface area contributed by atoms with Crippen molar-refractivity contribution in [3.05, 3.63) is 69.2 Å². The normalized spacial score (nSPS) is 11.0. The molecule has 0 unspecified atom stereocenters. The van der Waals surface area contributed by atoms with E-state index >= 15 is 0 Å². The van der Waals surface area contributed by atoms with Gasteiger partial charge in [-0.1, -0.05) is 34.5 Å². The number of aromatic nitrogens is 3. The highest BCUT2D eigenvalue weighted by molar-refractivity contribution is 6.33. The Bertz CT molecular complexity index is 1380. The maximum absolute atomic E-state index is 13.1. The molecule has 0 fully saturated rings. The van der Waals surface area contributed by atoms with Crippen LogP contribution in [0.2, 0.25) is 5.02 Å². The molecular weight excluding hydrogens is 432 g/mol. The summed E-state index contributed by atoms with van der Waals surface area (Å²) in [6.45, 7) is 4.07. The maximum atomic E-state index is 13.1. The average molecular weight is 453 g/mol. The number of carbonyl (C=O) groups excluding carboxylic acids is 1. The van der Waals surface area contributed by atoms with E-state index in [0.717, 1.165) is 16.8 Å². The molecule has 0 bridgehead atoms. The molecule has 0 aliphatic carbocycles. The van der Waals surface area contributed by atoms with Crippen molar-refractivity contribution < 1.29 is 14.1 Å². The Morgan fingerprint density at radius 2 is 2.03 bits per heavy atom. The van der Waals surface area contributed by atoms with Crippen LogP contribution in [0.3, 0.4) is 0 Å². The first-order chi connectivity index (χ1) is 15.4. The molecule has 0 spiro atoms. The molecule has 9 heteroatoms. The lowest BCUT2D eigenvalue weighted by molar-refractivity contribution is -0.116. The van der Waals surface area contributed by atoms with Gasteiger partial charge in [0, 0.05) is 24.2 Å². The van der Waals surface area contributed by atoms with E-state index in [-0.39, 0.29) is 41.2 Å². The van der Waals surface area contributed by atoms with Crippen LogP contribution in [0, 0.1) is 13.8 Å². The summed E-state index contributed by atoms with van der Waals surface area (Å²) in [6.07, 6.45) is 1.44. The topological polar surface area (TPSA) is 99.2 Å². The minimum atomic E-state index is -0.371. The van der Waals surface area contributed by atoms with Gasteiger partial charge in [0.25, 0.3) is 11.3 Å². The van der Waals surface area contributed by atoms with Crippen molar-refractivity contribution in [3.63, 3.8) is 0 Å². The number of rotatable bonds is 6. The van der Waals surface area contributed by atoms with Gasteiger partial charge in [0.15, 0.2) is 0 Å². The molecule has 1 amide bonds. The summed E-state index contributed by atoms with van der Waals surface area (Å²) < 4.78 is 11.8. The monoisotopic (exact) mass is 452 g/mol. The third kappa shape index (κ3) is 4.22. The van der Waals surface area contributed by atoms with Crippen molar-refractivity contribution in [2.24, 2.45) is 0 Å². The van der Waals surface area contributed by atoms with E-state index in [1.54, 1.807) is 18.2 Å². The zero-order valence-electron chi connectivity index (χ0n) is 17.8. The molecule has 0 saturated carbocycles. The Labute approximate surface area is 188 Å². The number of hydrogen-bond acceptors (Lipinski definition) is 6. The Hall–Kier alpha value is -3.65. The molecule has 32 heavy (non-hydrogen) atoms. The number of nitrogens with one attached hydrogen (secondary N) is 1. The van der Waals surface area contributed by atoms with E-state index in [9.17, 15) is 9.59 Å². The van der Waals surface area contributed by atoms with Crippen LogP contribution in [0.15, 0.2) is 52.0 Å². The van der Waals surface area contributed by atoms with E-state index in [4.69, 9.17) is 20.9 Å². The van der Waals surface area contributed by atoms with E-state index in [1.807, 2.05) is 32.0 Å². The minimum absolute atomic E-state index is 0.0971. The second-order valence-corrected chi connectivity index (χ2v) is 7.82. The van der Waals surface area contributed by atoms with Crippen LogP contribution in [0.5, 0.6) is 5.75 Å². The Morgan fingerprint density at radius 1 is 1.22 bits per heavy atom. The zero-order chi connectivity index (χ0) is 22.8. The Morgan fingerprint density at radius 3 is 2.78 bits per heavy atom. The van der Waals surface area contributed by atoms with Gasteiger partial charge in [-0.25, -0.2) is 4.98 Å². The molecule has 164 valence electrons. The lowest BCUT2D eigenvalue weighted by atomic mass is 10.1. The highest BCUT2D eigenvalue weighted by atomic mass is 35.5. The predicted molar refractivity (Wildman–Crippen MR) is 122 cm³/mol. The molecule has 1 N–H and O–H groups in total. The fraction of sp³-hybridized carbons (Fsp3) is 0.217. The molecule has 2 heterocycles. The van der Waals surface area contributed by atoms with Crippen molar-refractivity contribution in [2.45, 2.75) is 26.8 Å². The van der Waals surface area contributed by atoms with Gasteiger partial charge in [-0.3, -0.25) is 14.2 Å². The van der Waals surface area contributed by atoms with E-state index < -0.39 is 0 Å². The summed E-state index contributed by atoms with van der Waals surface area (Å²) >= 11 is 6.32. The number of methoxy groups -OCH3 is 1. The van der Waals surface area contributed by atoms with Crippen LogP contribution >= 0.6 is 11.6 Å². The largest absolute Gasteiger partial charge is 0.497 e. The van der Waals surface area contributed by atoms with Crippen molar-refractivity contribution in [1.82, 2.24) is 14.7 Å². The van der Waals surface area contributed by atoms with Gasteiger partial charge in [0.1, 0.15) is 23.2 Å². The molecule has 0 aliphatic rings. The van der Waals surface area contributed by atoms with E-state index in [1.165, 1.54) is 18.0 Å². The summed E-state index contributed by atoms with van der Waals surface area (Å²) in [5.41, 5.74) is 3.33. The fourth-order valence-electron chi connectivity index (χ4n) is 3.43. The van der Waals surface area contributed by atoms with Crippen LogP contribution in [0.1, 0.15) is 17.5 Å². The molecule has 2 aromatic carbocycles. The Balaban J connectivity index is 1.59. The minimum Gasteiger partial charge on any atom is -0.497 e. The molecule has 4 aromatic rings. The summed E-state index contributed by atoms with van der Waals surface area (Å²) in [5, 5.41) is 7.47. The number of amides is 1. The van der Waals surface area contributed by atoms with Crippen LogP contribution < -0.4 is 15.6 Å². The number of aryl methyl sites for hydroxylation is 3. The lowest BCUT2D eigenvalue weighted by Crippen LogP contribution is -2.23. The van der Waals surface area contributed by atoms with Gasteiger partial charge in [0.2, 0.25) is 5.91 Å². The number of carbonyl (C=O) groups is 1. The van der Waals surface area contributed by atoms with Crippen LogP contribution in [-0.2, 0) is 11.3 Å². The maximum Gasteiger partial charge on any atom is 0.266 e. The molecule has 4 rings (SSSR count). The fourth-order valence-corrected chi connectivity index (χ4v) is 3.63. The highest BCUT2D eigenvalue weighted by Crippen LogP contribution is 2.33. The molecule has 0 aliphatic heterocycles. The number of halogens is 1. The van der Waals surface area contributed by atoms with E-state index in [0.29, 0.717) is 16.3 Å². The van der Waals surface area contributed by atoms with Gasteiger partial charge >= 0.3 is 0 Å². The molecule has 0 radical (unpaired) electrons. The van der Waals surface area contributed by atoms with Crippen molar-refractivity contribution in [3.8, 4) is 17.0 Å². The number of ether oxygens (including phenoxy) is 1. The van der Waals surface area contributed by atoms with Crippen LogP contribution in [0.4, 0.5) is 5.69 Å². The first kappa shape index (κ1) is 21.6. The van der Waals surface area contributed by atoms with Crippen molar-refractivity contribution >= 4 is 34.3 Å². The molecular formula is C23H21ClN4O4. The summed E-state index contributed by atoms with van der Waals surface area (Å²) in [6, 6.07) is 10.8. The quantitative estimate of drug-likeness (QED) is 0.466. The van der Waals surface area contributed by atoms with Crippen LogP contribution in [0.25, 0.3) is 22.4 Å². The summed E-state index contributed by atoms with van der Waals surface area (Å²) in [4.78, 5) is 29.7. The summed E-state index contributed by atoms with van der Waals surface area (Å²) in [7, 11) is 1.53. The van der Waals surface area contributed by atoms with Gasteiger partial charge < -0.3 is 14.6 Å². The third-order valence-corrected chi connectivity index (χ3v) is 5.46. The summed E-state index contributed by atoms with van der Waals surface area (Å²) in [5.74, 6) is 0.359. The molecule has 8 nitrogen and oxygen atoms in total. The number of benzene rings is 2. The number of hydrogen-bond donors (Lipinski definition) is 1. The van der Waals surface area contributed by atoms with Gasteiger partial charge in [-0.15, -0.1) is 0 Å². The predicted octanol–water partition coefficient (Wildman–Crippen LogP) is 4.36. The van der Waals surface area contributed by atoms with Gasteiger partial charge in [0.05, 0.1) is 12.1 Å². The second kappa shape index (κ2) is 8.84. The van der Waals surface area contributed by atoms with Gasteiger partial charge in [-0.2, -0.15) is 0 Å². The standard InChI is InChI=1S/C23H21ClN4O4/c1-13-4-7-18(14(2)10-13)26-19(29)8-9-28-12-25-22-20(23(28)30)21(27-32-22)16-11-15(31-3)5-6-17(16)24/h4-7,10-12H,8-9H2,1-3H3,(H,26,29). The smallest absolute Gasteiger partial charge is 0.266 e. The molecule has 0 saturated heterocycles. The second-order valence-electron chi connectivity index (χ2n) is 7.42. The molecule has 0 atom stereocenters. The highest BCUT2D eigenvalue weighted by Gasteiger charge is 2.20. The molecule has 2 aromatic heterocycles. The first-order valence-corrected chi connectivity index (χ1v) is 10.3.